The quantitative estimate of drug-likeness (QED) is 0.778. The summed E-state index contributed by atoms with van der Waals surface area (Å²) in [5, 5.41) is 2.95. The molecule has 1 aromatic carbocycles. The van der Waals surface area contributed by atoms with Crippen LogP contribution in [0, 0.1) is 5.92 Å². The lowest BCUT2D eigenvalue weighted by Crippen LogP contribution is -2.32. The number of rotatable bonds is 7. The van der Waals surface area contributed by atoms with Gasteiger partial charge in [0.15, 0.2) is 0 Å². The second-order valence-electron chi connectivity index (χ2n) is 4.86. The van der Waals surface area contributed by atoms with Crippen molar-refractivity contribution in [1.29, 1.82) is 0 Å². The maximum Gasteiger partial charge on any atom is 0.220 e. The molecule has 2 unspecified atom stereocenters. The minimum absolute atomic E-state index is 0.117. The zero-order valence-corrected chi connectivity index (χ0v) is 11.4. The van der Waals surface area contributed by atoms with Crippen molar-refractivity contribution in [2.45, 2.75) is 32.6 Å². The van der Waals surface area contributed by atoms with Gasteiger partial charge in [0.1, 0.15) is 0 Å². The lowest BCUT2D eigenvalue weighted by atomic mass is 9.93. The Morgan fingerprint density at radius 3 is 2.56 bits per heavy atom. The molecule has 0 aliphatic heterocycles. The highest BCUT2D eigenvalue weighted by atomic mass is 16.1. The van der Waals surface area contributed by atoms with Gasteiger partial charge in [-0.3, -0.25) is 4.79 Å². The van der Waals surface area contributed by atoms with Crippen LogP contribution in [0.2, 0.25) is 0 Å². The molecule has 18 heavy (non-hydrogen) atoms. The van der Waals surface area contributed by atoms with Gasteiger partial charge in [-0.25, -0.2) is 0 Å². The first kappa shape index (κ1) is 14.7. The van der Waals surface area contributed by atoms with Gasteiger partial charge in [0.05, 0.1) is 0 Å². The highest BCUT2D eigenvalue weighted by Gasteiger charge is 2.14. The molecule has 3 nitrogen and oxygen atoms in total. The second-order valence-corrected chi connectivity index (χ2v) is 4.86. The lowest BCUT2D eigenvalue weighted by molar-refractivity contribution is -0.121. The second kappa shape index (κ2) is 7.88. The van der Waals surface area contributed by atoms with E-state index in [9.17, 15) is 4.79 Å². The topological polar surface area (TPSA) is 55.1 Å². The van der Waals surface area contributed by atoms with Crippen molar-refractivity contribution in [2.75, 3.05) is 13.1 Å². The van der Waals surface area contributed by atoms with Gasteiger partial charge in [-0.1, -0.05) is 44.2 Å². The molecule has 3 heteroatoms. The molecule has 2 atom stereocenters. The summed E-state index contributed by atoms with van der Waals surface area (Å²) in [5.74, 6) is 0.760. The summed E-state index contributed by atoms with van der Waals surface area (Å²) in [6.45, 7) is 5.43. The molecule has 1 rings (SSSR count). The fraction of sp³-hybridized carbons (Fsp3) is 0.533. The molecule has 1 amide bonds. The van der Waals surface area contributed by atoms with Crippen molar-refractivity contribution in [3.8, 4) is 0 Å². The van der Waals surface area contributed by atoms with E-state index in [4.69, 9.17) is 5.73 Å². The number of carbonyl (C=O) groups excluding carboxylic acids is 1. The standard InChI is InChI=1S/C15H24N2O/c1-3-13(14-7-5-4-6-8-14)9-15(18)17-11-12(2)10-16/h4-8,12-13H,3,9-11,16H2,1-2H3,(H,17,18). The molecule has 1 aromatic rings. The van der Waals surface area contributed by atoms with E-state index in [1.807, 2.05) is 25.1 Å². The molecule has 0 heterocycles. The van der Waals surface area contributed by atoms with E-state index < -0.39 is 0 Å². The molecular weight excluding hydrogens is 224 g/mol. The van der Waals surface area contributed by atoms with Crippen LogP contribution < -0.4 is 11.1 Å². The van der Waals surface area contributed by atoms with Gasteiger partial charge < -0.3 is 11.1 Å². The summed E-state index contributed by atoms with van der Waals surface area (Å²) in [6.07, 6.45) is 1.53. The Labute approximate surface area is 110 Å². The third-order valence-electron chi connectivity index (χ3n) is 3.25. The van der Waals surface area contributed by atoms with E-state index in [-0.39, 0.29) is 5.91 Å². The lowest BCUT2D eigenvalue weighted by Gasteiger charge is -2.16. The molecule has 0 radical (unpaired) electrons. The van der Waals surface area contributed by atoms with E-state index >= 15 is 0 Å². The van der Waals surface area contributed by atoms with Crippen LogP contribution in [0.25, 0.3) is 0 Å². The zero-order chi connectivity index (χ0) is 13.4. The fourth-order valence-corrected chi connectivity index (χ4v) is 1.89. The third kappa shape index (κ3) is 4.88. The Balaban J connectivity index is 2.46. The van der Waals surface area contributed by atoms with Crippen LogP contribution in [-0.4, -0.2) is 19.0 Å². The van der Waals surface area contributed by atoms with Crippen molar-refractivity contribution in [2.24, 2.45) is 11.7 Å². The van der Waals surface area contributed by atoms with Crippen molar-refractivity contribution in [3.05, 3.63) is 35.9 Å². The van der Waals surface area contributed by atoms with E-state index in [2.05, 4.69) is 24.4 Å². The summed E-state index contributed by atoms with van der Waals surface area (Å²) in [6, 6.07) is 10.2. The number of hydrogen-bond donors (Lipinski definition) is 2. The van der Waals surface area contributed by atoms with E-state index in [0.29, 0.717) is 31.3 Å². The number of nitrogens with one attached hydrogen (secondary N) is 1. The first-order valence-corrected chi connectivity index (χ1v) is 6.69. The van der Waals surface area contributed by atoms with Gasteiger partial charge >= 0.3 is 0 Å². The predicted molar refractivity (Wildman–Crippen MR) is 75.3 cm³/mol. The van der Waals surface area contributed by atoms with Gasteiger partial charge in [-0.15, -0.1) is 0 Å². The Morgan fingerprint density at radius 2 is 2.00 bits per heavy atom. The SMILES string of the molecule is CCC(CC(=O)NCC(C)CN)c1ccccc1. The highest BCUT2D eigenvalue weighted by Crippen LogP contribution is 2.22. The molecule has 0 aliphatic rings. The molecular formula is C15H24N2O. The summed E-state index contributed by atoms with van der Waals surface area (Å²) in [4.78, 5) is 11.9. The smallest absolute Gasteiger partial charge is 0.220 e. The van der Waals surface area contributed by atoms with Crippen LogP contribution in [0.5, 0.6) is 0 Å². The van der Waals surface area contributed by atoms with Crippen LogP contribution in [0.1, 0.15) is 38.2 Å². The maximum absolute atomic E-state index is 11.9. The third-order valence-corrected chi connectivity index (χ3v) is 3.25. The van der Waals surface area contributed by atoms with Crippen molar-refractivity contribution in [1.82, 2.24) is 5.32 Å². The van der Waals surface area contributed by atoms with Gasteiger partial charge in [0.25, 0.3) is 0 Å². The summed E-state index contributed by atoms with van der Waals surface area (Å²) < 4.78 is 0. The highest BCUT2D eigenvalue weighted by molar-refractivity contribution is 5.76. The van der Waals surface area contributed by atoms with Crippen molar-refractivity contribution < 1.29 is 4.79 Å². The van der Waals surface area contributed by atoms with E-state index in [1.54, 1.807) is 0 Å². The van der Waals surface area contributed by atoms with Crippen molar-refractivity contribution >= 4 is 5.91 Å². The van der Waals surface area contributed by atoms with Gasteiger partial charge in [0, 0.05) is 13.0 Å². The Hall–Kier alpha value is -1.35. The first-order chi connectivity index (χ1) is 8.67. The Morgan fingerprint density at radius 1 is 1.33 bits per heavy atom. The van der Waals surface area contributed by atoms with Crippen LogP contribution in [-0.2, 0) is 4.79 Å². The van der Waals surface area contributed by atoms with Gasteiger partial charge in [-0.2, -0.15) is 0 Å². The number of carbonyl (C=O) groups is 1. The summed E-state index contributed by atoms with van der Waals surface area (Å²) in [7, 11) is 0. The average Bonchev–Trinajstić information content (AvgIpc) is 2.43. The van der Waals surface area contributed by atoms with Crippen LogP contribution in [0.3, 0.4) is 0 Å². The molecule has 3 N–H and O–H groups in total. The number of benzene rings is 1. The molecule has 0 saturated carbocycles. The molecule has 0 aromatic heterocycles. The normalized spacial score (nSPS) is 13.9. The van der Waals surface area contributed by atoms with Gasteiger partial charge in [0.2, 0.25) is 5.91 Å². The molecule has 0 saturated heterocycles. The number of amides is 1. The monoisotopic (exact) mass is 248 g/mol. The van der Waals surface area contributed by atoms with Crippen LogP contribution in [0.15, 0.2) is 30.3 Å². The largest absolute Gasteiger partial charge is 0.356 e. The summed E-state index contributed by atoms with van der Waals surface area (Å²) in [5.41, 5.74) is 6.76. The predicted octanol–water partition coefficient (Wildman–Crippen LogP) is 2.28. The molecule has 100 valence electrons. The molecule has 0 bridgehead atoms. The van der Waals surface area contributed by atoms with E-state index in [1.165, 1.54) is 5.56 Å². The van der Waals surface area contributed by atoms with Crippen LogP contribution >= 0.6 is 0 Å². The van der Waals surface area contributed by atoms with Crippen molar-refractivity contribution in [3.63, 3.8) is 0 Å². The van der Waals surface area contributed by atoms with Crippen LogP contribution in [0.4, 0.5) is 0 Å². The molecule has 0 aliphatic carbocycles. The number of hydrogen-bond acceptors (Lipinski definition) is 2. The first-order valence-electron chi connectivity index (χ1n) is 6.69. The average molecular weight is 248 g/mol. The number of nitrogens with two attached hydrogens (primary N) is 1. The zero-order valence-electron chi connectivity index (χ0n) is 11.4. The Bertz CT molecular complexity index is 351. The van der Waals surface area contributed by atoms with Gasteiger partial charge in [-0.05, 0) is 30.4 Å². The molecule has 0 fully saturated rings. The van der Waals surface area contributed by atoms with E-state index in [0.717, 1.165) is 6.42 Å². The minimum atomic E-state index is 0.117. The minimum Gasteiger partial charge on any atom is -0.356 e. The fourth-order valence-electron chi connectivity index (χ4n) is 1.89. The molecule has 0 spiro atoms. The maximum atomic E-state index is 11.9. The summed E-state index contributed by atoms with van der Waals surface area (Å²) >= 11 is 0. The Kier molecular flexibility index (Phi) is 6.44.